The van der Waals surface area contributed by atoms with E-state index in [1.807, 2.05) is 0 Å². The number of benzene rings is 1. The maximum Gasteiger partial charge on any atom is 0.329 e. The summed E-state index contributed by atoms with van der Waals surface area (Å²) in [5.41, 5.74) is -1.56. The van der Waals surface area contributed by atoms with Crippen LogP contribution in [-0.4, -0.2) is 33.2 Å². The quantitative estimate of drug-likeness (QED) is 0.883. The van der Waals surface area contributed by atoms with Gasteiger partial charge in [-0.3, -0.25) is 9.69 Å². The second-order valence-electron chi connectivity index (χ2n) is 6.08. The number of amides is 1. The summed E-state index contributed by atoms with van der Waals surface area (Å²) in [5, 5.41) is 18.6. The molecule has 1 aromatic carbocycles. The molecule has 0 unspecified atom stereocenters. The molecule has 0 aromatic heterocycles. The molecule has 2 rings (SSSR count). The maximum absolute atomic E-state index is 12.6. The monoisotopic (exact) mass is 293 g/mol. The van der Waals surface area contributed by atoms with Gasteiger partial charge in [-0.15, -0.1) is 0 Å². The zero-order valence-electron chi connectivity index (χ0n) is 12.5. The van der Waals surface area contributed by atoms with Gasteiger partial charge in [-0.25, -0.2) is 4.79 Å². The van der Waals surface area contributed by atoms with E-state index in [9.17, 15) is 19.8 Å². The van der Waals surface area contributed by atoms with E-state index in [2.05, 4.69) is 0 Å². The predicted octanol–water partition coefficient (Wildman–Crippen LogP) is 1.55. The van der Waals surface area contributed by atoms with Gasteiger partial charge in [0.1, 0.15) is 11.3 Å². The van der Waals surface area contributed by atoms with Crippen molar-refractivity contribution in [3.63, 3.8) is 0 Å². The summed E-state index contributed by atoms with van der Waals surface area (Å²) in [6.45, 7) is 5.97. The van der Waals surface area contributed by atoms with Gasteiger partial charge in [0.15, 0.2) is 5.60 Å². The summed E-state index contributed by atoms with van der Waals surface area (Å²) in [4.78, 5) is 25.4. The van der Waals surface area contributed by atoms with E-state index in [0.29, 0.717) is 17.0 Å². The lowest BCUT2D eigenvalue weighted by Crippen LogP contribution is -2.62. The number of anilines is 1. The van der Waals surface area contributed by atoms with Gasteiger partial charge >= 0.3 is 5.97 Å². The van der Waals surface area contributed by atoms with Crippen LogP contribution in [0.15, 0.2) is 18.2 Å². The Bertz CT molecular complexity index is 606. The number of carbonyl (C=O) groups is 2. The first-order chi connectivity index (χ1) is 9.61. The Kier molecular flexibility index (Phi) is 3.45. The Hall–Kier alpha value is -2.08. The molecule has 21 heavy (non-hydrogen) atoms. The molecule has 0 atom stereocenters. The first kappa shape index (κ1) is 15.3. The van der Waals surface area contributed by atoms with Crippen molar-refractivity contribution in [2.24, 2.45) is 0 Å². The average molecular weight is 293 g/mol. The number of ether oxygens (including phenoxy) is 1. The topological polar surface area (TPSA) is 87.1 Å². The second kappa shape index (κ2) is 4.73. The number of aliphatic hydroxyl groups excluding tert-OH is 1. The molecule has 1 heterocycles. The largest absolute Gasteiger partial charge is 0.480 e. The van der Waals surface area contributed by atoms with E-state index in [1.54, 1.807) is 32.0 Å². The average Bonchev–Trinajstić information content (AvgIpc) is 2.38. The number of carboxylic acid groups (broad SMARTS) is 1. The van der Waals surface area contributed by atoms with Crippen LogP contribution in [0, 0.1) is 0 Å². The van der Waals surface area contributed by atoms with Crippen LogP contribution in [0.1, 0.15) is 33.3 Å². The number of nitrogens with zero attached hydrogens (tertiary/aromatic N) is 1. The van der Waals surface area contributed by atoms with Crippen molar-refractivity contribution < 1.29 is 24.5 Å². The summed E-state index contributed by atoms with van der Waals surface area (Å²) in [6, 6.07) is 4.85. The van der Waals surface area contributed by atoms with Crippen molar-refractivity contribution in [1.82, 2.24) is 0 Å². The molecule has 114 valence electrons. The van der Waals surface area contributed by atoms with Crippen molar-refractivity contribution >= 4 is 17.6 Å². The van der Waals surface area contributed by atoms with Crippen LogP contribution in [-0.2, 0) is 16.2 Å². The molecule has 1 aromatic rings. The molecule has 0 saturated heterocycles. The standard InChI is InChI=1S/C15H19NO5/c1-14(2,13(19)20)16-10-6-5-9(8-17)7-11(10)21-15(3,4)12(16)18/h5-7,17H,8H2,1-4H3,(H,19,20). The highest BCUT2D eigenvalue weighted by Gasteiger charge is 2.49. The highest BCUT2D eigenvalue weighted by Crippen LogP contribution is 2.42. The number of carbonyl (C=O) groups excluding carboxylic acids is 1. The van der Waals surface area contributed by atoms with Gasteiger partial charge in [-0.05, 0) is 45.4 Å². The molecule has 0 aliphatic carbocycles. The Balaban J connectivity index is 2.65. The number of hydrogen-bond donors (Lipinski definition) is 2. The molecule has 0 bridgehead atoms. The number of hydrogen-bond acceptors (Lipinski definition) is 4. The third-order valence-electron chi connectivity index (χ3n) is 3.61. The lowest BCUT2D eigenvalue weighted by atomic mass is 9.94. The van der Waals surface area contributed by atoms with Crippen molar-refractivity contribution in [3.8, 4) is 5.75 Å². The minimum Gasteiger partial charge on any atom is -0.480 e. The van der Waals surface area contributed by atoms with Crippen LogP contribution in [0.3, 0.4) is 0 Å². The highest BCUT2D eigenvalue weighted by atomic mass is 16.5. The summed E-state index contributed by atoms with van der Waals surface area (Å²) >= 11 is 0. The number of aliphatic hydroxyl groups is 1. The lowest BCUT2D eigenvalue weighted by Gasteiger charge is -2.44. The lowest BCUT2D eigenvalue weighted by molar-refractivity contribution is -0.146. The Morgan fingerprint density at radius 1 is 1.38 bits per heavy atom. The van der Waals surface area contributed by atoms with Gasteiger partial charge in [-0.2, -0.15) is 0 Å². The highest BCUT2D eigenvalue weighted by molar-refractivity contribution is 6.07. The van der Waals surface area contributed by atoms with Crippen molar-refractivity contribution in [2.45, 2.75) is 45.4 Å². The predicted molar refractivity (Wildman–Crippen MR) is 76.3 cm³/mol. The van der Waals surface area contributed by atoms with Gasteiger partial charge in [0, 0.05) is 0 Å². The first-order valence-electron chi connectivity index (χ1n) is 6.62. The van der Waals surface area contributed by atoms with Crippen LogP contribution < -0.4 is 9.64 Å². The van der Waals surface area contributed by atoms with E-state index in [1.165, 1.54) is 18.7 Å². The summed E-state index contributed by atoms with van der Waals surface area (Å²) in [5.74, 6) is -1.13. The van der Waals surface area contributed by atoms with Gasteiger partial charge in [0.2, 0.25) is 0 Å². The van der Waals surface area contributed by atoms with Gasteiger partial charge < -0.3 is 14.9 Å². The SMILES string of the molecule is CC1(C)Oc2cc(CO)ccc2N(C(C)(C)C(=O)O)C1=O. The number of rotatable bonds is 3. The van der Waals surface area contributed by atoms with Crippen molar-refractivity contribution in [3.05, 3.63) is 23.8 Å². The molecule has 0 saturated carbocycles. The third kappa shape index (κ3) is 2.35. The number of aliphatic carboxylic acids is 1. The maximum atomic E-state index is 12.6. The molecular formula is C15H19NO5. The van der Waals surface area contributed by atoms with E-state index in [-0.39, 0.29) is 6.61 Å². The van der Waals surface area contributed by atoms with E-state index >= 15 is 0 Å². The van der Waals surface area contributed by atoms with Gasteiger partial charge in [-0.1, -0.05) is 6.07 Å². The molecule has 6 nitrogen and oxygen atoms in total. The molecule has 1 amide bonds. The smallest absolute Gasteiger partial charge is 0.329 e. The fraction of sp³-hybridized carbons (Fsp3) is 0.467. The summed E-state index contributed by atoms with van der Waals surface area (Å²) in [7, 11) is 0. The number of fused-ring (bicyclic) bond motifs is 1. The Labute approximate surface area is 122 Å². The second-order valence-corrected chi connectivity index (χ2v) is 6.08. The molecule has 0 fully saturated rings. The molecular weight excluding hydrogens is 274 g/mol. The zero-order chi connectivity index (χ0) is 16.0. The summed E-state index contributed by atoms with van der Waals surface area (Å²) in [6.07, 6.45) is 0. The van der Waals surface area contributed by atoms with E-state index in [0.717, 1.165) is 0 Å². The third-order valence-corrected chi connectivity index (χ3v) is 3.61. The minimum atomic E-state index is -1.41. The summed E-state index contributed by atoms with van der Waals surface area (Å²) < 4.78 is 5.68. The number of carboxylic acids is 1. The van der Waals surface area contributed by atoms with Crippen molar-refractivity contribution in [1.29, 1.82) is 0 Å². The first-order valence-corrected chi connectivity index (χ1v) is 6.62. The van der Waals surface area contributed by atoms with E-state index < -0.39 is 23.0 Å². The van der Waals surface area contributed by atoms with Gasteiger partial charge in [0.05, 0.1) is 12.3 Å². The fourth-order valence-electron chi connectivity index (χ4n) is 2.27. The molecule has 0 radical (unpaired) electrons. The van der Waals surface area contributed by atoms with Crippen LogP contribution in [0.2, 0.25) is 0 Å². The normalized spacial score (nSPS) is 17.2. The Morgan fingerprint density at radius 3 is 2.52 bits per heavy atom. The molecule has 1 aliphatic rings. The van der Waals surface area contributed by atoms with Crippen molar-refractivity contribution in [2.75, 3.05) is 4.90 Å². The molecule has 6 heteroatoms. The van der Waals surface area contributed by atoms with Crippen LogP contribution in [0.4, 0.5) is 5.69 Å². The van der Waals surface area contributed by atoms with Gasteiger partial charge in [0.25, 0.3) is 5.91 Å². The zero-order valence-corrected chi connectivity index (χ0v) is 12.5. The molecule has 1 aliphatic heterocycles. The fourth-order valence-corrected chi connectivity index (χ4v) is 2.27. The Morgan fingerprint density at radius 2 is 2.00 bits per heavy atom. The van der Waals surface area contributed by atoms with Crippen LogP contribution in [0.5, 0.6) is 5.75 Å². The van der Waals surface area contributed by atoms with Crippen LogP contribution >= 0.6 is 0 Å². The minimum absolute atomic E-state index is 0.159. The van der Waals surface area contributed by atoms with E-state index in [4.69, 9.17) is 4.74 Å². The van der Waals surface area contributed by atoms with Crippen LogP contribution in [0.25, 0.3) is 0 Å². The molecule has 0 spiro atoms. The molecule has 2 N–H and O–H groups in total.